The molecule has 30 heavy (non-hydrogen) atoms. The molecule has 7 heteroatoms. The topological polar surface area (TPSA) is 76.2 Å². The maximum absolute atomic E-state index is 8.47. The van der Waals surface area contributed by atoms with Crippen LogP contribution in [0.5, 0.6) is 0 Å². The molecule has 4 rings (SSSR count). The van der Waals surface area contributed by atoms with Crippen LogP contribution in [0.1, 0.15) is 34.2 Å². The third-order valence-corrected chi connectivity index (χ3v) is 6.09. The van der Waals surface area contributed by atoms with Crippen molar-refractivity contribution in [3.05, 3.63) is 80.9 Å². The Morgan fingerprint density at radius 1 is 1.17 bits per heavy atom. The highest BCUT2D eigenvalue weighted by molar-refractivity contribution is 7.17. The molecule has 148 valence electrons. The van der Waals surface area contributed by atoms with Gasteiger partial charge >= 0.3 is 0 Å². The number of hydrogen-bond acceptors (Lipinski definition) is 5. The predicted molar refractivity (Wildman–Crippen MR) is 125 cm³/mol. The van der Waals surface area contributed by atoms with E-state index in [9.17, 15) is 0 Å². The summed E-state index contributed by atoms with van der Waals surface area (Å²) in [5.41, 5.74) is 4.28. The Kier molecular flexibility index (Phi) is 5.49. The van der Waals surface area contributed by atoms with Gasteiger partial charge in [-0.2, -0.15) is 0 Å². The second kappa shape index (κ2) is 8.23. The van der Waals surface area contributed by atoms with Crippen LogP contribution in [0, 0.1) is 29.6 Å². The largest absolute Gasteiger partial charge is 0.288 e. The Balaban J connectivity index is 1.90. The summed E-state index contributed by atoms with van der Waals surface area (Å²) in [5, 5.41) is 18.2. The molecule has 3 heterocycles. The molecular weight excluding hydrogens is 414 g/mol. The molecule has 2 N–H and O–H groups in total. The standard InChI is InChI=1S/C23H18ClN5S/c1-14-19(11-10-18-5-3-4-12-27-18)30-23-21(14)22(16-6-8-17(24)9-7-16)28-13-20(26)29(23)15(2)25/h3-9,12,25-26H,13H2,1-2H3. The number of aromatic nitrogens is 1. The van der Waals surface area contributed by atoms with Gasteiger partial charge in [-0.3, -0.25) is 20.7 Å². The number of anilines is 1. The maximum atomic E-state index is 8.47. The van der Waals surface area contributed by atoms with E-state index >= 15 is 0 Å². The number of rotatable bonds is 1. The van der Waals surface area contributed by atoms with Crippen LogP contribution in [0.15, 0.2) is 53.7 Å². The van der Waals surface area contributed by atoms with Crippen LogP contribution in [-0.2, 0) is 0 Å². The first-order valence-corrected chi connectivity index (χ1v) is 10.4. The summed E-state index contributed by atoms with van der Waals surface area (Å²) in [5.74, 6) is 6.87. The van der Waals surface area contributed by atoms with Crippen LogP contribution in [0.4, 0.5) is 5.00 Å². The van der Waals surface area contributed by atoms with E-state index < -0.39 is 0 Å². The average Bonchev–Trinajstić information content (AvgIpc) is 2.95. The smallest absolute Gasteiger partial charge is 0.129 e. The molecule has 0 saturated carbocycles. The van der Waals surface area contributed by atoms with Gasteiger partial charge in [0.15, 0.2) is 0 Å². The van der Waals surface area contributed by atoms with Crippen molar-refractivity contribution in [2.45, 2.75) is 13.8 Å². The van der Waals surface area contributed by atoms with Crippen LogP contribution < -0.4 is 4.90 Å². The molecular formula is C23H18ClN5S. The molecule has 1 aliphatic rings. The summed E-state index contributed by atoms with van der Waals surface area (Å²) in [6.07, 6.45) is 1.72. The summed E-state index contributed by atoms with van der Waals surface area (Å²) in [6.45, 7) is 3.89. The van der Waals surface area contributed by atoms with Crippen molar-refractivity contribution in [1.29, 1.82) is 10.8 Å². The molecule has 0 aliphatic carbocycles. The Morgan fingerprint density at radius 2 is 1.93 bits per heavy atom. The van der Waals surface area contributed by atoms with Crippen molar-refractivity contribution in [1.82, 2.24) is 4.98 Å². The van der Waals surface area contributed by atoms with Gasteiger partial charge in [0.25, 0.3) is 0 Å². The molecule has 0 spiro atoms. The molecule has 1 aromatic carbocycles. The van der Waals surface area contributed by atoms with Gasteiger partial charge in [-0.05, 0) is 55.5 Å². The number of nitrogens with zero attached hydrogens (tertiary/aromatic N) is 3. The zero-order valence-electron chi connectivity index (χ0n) is 16.5. The van der Waals surface area contributed by atoms with E-state index in [1.165, 1.54) is 11.3 Å². The van der Waals surface area contributed by atoms with Crippen LogP contribution in [0.2, 0.25) is 5.02 Å². The normalized spacial score (nSPS) is 13.1. The van der Waals surface area contributed by atoms with E-state index in [0.717, 1.165) is 32.3 Å². The van der Waals surface area contributed by atoms with E-state index in [1.807, 2.05) is 49.4 Å². The summed E-state index contributed by atoms with van der Waals surface area (Å²) in [6, 6.07) is 13.1. The number of aliphatic imine (C=N–C) groups is 1. The van der Waals surface area contributed by atoms with Crippen LogP contribution in [-0.4, -0.2) is 28.9 Å². The minimum absolute atomic E-state index is 0.198. The number of amidine groups is 2. The third-order valence-electron chi connectivity index (χ3n) is 4.65. The number of hydrogen-bond donors (Lipinski definition) is 2. The molecule has 0 radical (unpaired) electrons. The predicted octanol–water partition coefficient (Wildman–Crippen LogP) is 5.14. The number of pyridine rings is 1. The van der Waals surface area contributed by atoms with E-state index in [1.54, 1.807) is 18.0 Å². The highest BCUT2D eigenvalue weighted by Gasteiger charge is 2.29. The van der Waals surface area contributed by atoms with Crippen molar-refractivity contribution >= 4 is 45.3 Å². The summed E-state index contributed by atoms with van der Waals surface area (Å²) < 4.78 is 0. The van der Waals surface area contributed by atoms with Gasteiger partial charge < -0.3 is 0 Å². The van der Waals surface area contributed by atoms with E-state index in [-0.39, 0.29) is 18.2 Å². The number of fused-ring (bicyclic) bond motifs is 1. The lowest BCUT2D eigenvalue weighted by atomic mass is 9.99. The van der Waals surface area contributed by atoms with Gasteiger partial charge in [0.2, 0.25) is 0 Å². The second-order valence-electron chi connectivity index (χ2n) is 6.74. The highest BCUT2D eigenvalue weighted by atomic mass is 35.5. The minimum atomic E-state index is 0.198. The monoisotopic (exact) mass is 431 g/mol. The van der Waals surface area contributed by atoms with Crippen molar-refractivity contribution < 1.29 is 0 Å². The average molecular weight is 432 g/mol. The number of thiophene rings is 1. The molecule has 0 atom stereocenters. The fourth-order valence-corrected chi connectivity index (χ4v) is 4.60. The molecule has 3 aromatic rings. The summed E-state index contributed by atoms with van der Waals surface area (Å²) in [4.78, 5) is 11.5. The third kappa shape index (κ3) is 3.78. The van der Waals surface area contributed by atoms with Crippen LogP contribution in [0.3, 0.4) is 0 Å². The second-order valence-corrected chi connectivity index (χ2v) is 8.18. The van der Waals surface area contributed by atoms with Gasteiger partial charge in [-0.1, -0.05) is 29.8 Å². The molecule has 1 aliphatic heterocycles. The molecule has 2 aromatic heterocycles. The van der Waals surface area contributed by atoms with Gasteiger partial charge in [-0.25, -0.2) is 4.98 Å². The van der Waals surface area contributed by atoms with E-state index in [2.05, 4.69) is 16.8 Å². The van der Waals surface area contributed by atoms with E-state index in [0.29, 0.717) is 10.7 Å². The fourth-order valence-electron chi connectivity index (χ4n) is 3.24. The molecule has 0 saturated heterocycles. The van der Waals surface area contributed by atoms with Crippen molar-refractivity contribution in [2.75, 3.05) is 11.4 Å². The number of halogens is 1. The quantitative estimate of drug-likeness (QED) is 0.318. The van der Waals surface area contributed by atoms with Gasteiger partial charge in [0.05, 0.1) is 17.1 Å². The fraction of sp³-hybridized carbons (Fsp3) is 0.130. The Morgan fingerprint density at radius 3 is 2.60 bits per heavy atom. The minimum Gasteiger partial charge on any atom is -0.288 e. The zero-order valence-corrected chi connectivity index (χ0v) is 18.0. The maximum Gasteiger partial charge on any atom is 0.129 e. The highest BCUT2D eigenvalue weighted by Crippen LogP contribution is 2.39. The Hall–Kier alpha value is -3.27. The van der Waals surface area contributed by atoms with Crippen LogP contribution >= 0.6 is 22.9 Å². The van der Waals surface area contributed by atoms with Crippen molar-refractivity contribution in [2.24, 2.45) is 4.99 Å². The lowest BCUT2D eigenvalue weighted by Crippen LogP contribution is -2.35. The van der Waals surface area contributed by atoms with Crippen molar-refractivity contribution in [3.8, 4) is 11.8 Å². The van der Waals surface area contributed by atoms with Gasteiger partial charge in [0, 0.05) is 22.3 Å². The summed E-state index contributed by atoms with van der Waals surface area (Å²) >= 11 is 7.55. The first-order valence-electron chi connectivity index (χ1n) is 9.25. The Bertz CT molecular complexity index is 1230. The lowest BCUT2D eigenvalue weighted by Gasteiger charge is -2.20. The zero-order chi connectivity index (χ0) is 21.3. The van der Waals surface area contributed by atoms with E-state index in [4.69, 9.17) is 27.4 Å². The molecule has 0 unspecified atom stereocenters. The van der Waals surface area contributed by atoms with Gasteiger partial charge in [0.1, 0.15) is 22.4 Å². The van der Waals surface area contributed by atoms with Crippen LogP contribution in [0.25, 0.3) is 0 Å². The lowest BCUT2D eigenvalue weighted by molar-refractivity contribution is 1.20. The summed E-state index contributed by atoms with van der Waals surface area (Å²) in [7, 11) is 0. The molecule has 5 nitrogen and oxygen atoms in total. The molecule has 0 bridgehead atoms. The van der Waals surface area contributed by atoms with Gasteiger partial charge in [-0.15, -0.1) is 11.3 Å². The number of benzene rings is 1. The SMILES string of the molecule is CC(=N)N1C(=N)CN=C(c2ccc(Cl)cc2)c2c1sc(C#Cc1ccccn1)c2C. The first-order chi connectivity index (χ1) is 14.5. The van der Waals surface area contributed by atoms with Crippen molar-refractivity contribution in [3.63, 3.8) is 0 Å². The number of nitrogens with one attached hydrogen (secondary N) is 2. The first kappa shape index (κ1) is 20.0. The Labute approximate surface area is 184 Å². The molecule has 0 fully saturated rings. The molecule has 0 amide bonds.